The molecule has 1 unspecified atom stereocenters. The molecule has 1 aliphatic heterocycles. The van der Waals surface area contributed by atoms with Crippen molar-refractivity contribution in [2.45, 2.75) is 13.0 Å². The first-order valence-electron chi connectivity index (χ1n) is 7.92. The van der Waals surface area contributed by atoms with Gasteiger partial charge in [0.1, 0.15) is 11.1 Å². The molecular weight excluding hydrogens is 340 g/mol. The summed E-state index contributed by atoms with van der Waals surface area (Å²) >= 11 is 1.54. The van der Waals surface area contributed by atoms with E-state index in [4.69, 9.17) is 9.26 Å². The number of morpholine rings is 1. The fraction of sp³-hybridized carbons (Fsp3) is 0.294. The van der Waals surface area contributed by atoms with Crippen molar-refractivity contribution in [2.75, 3.05) is 19.7 Å². The average Bonchev–Trinajstić information content (AvgIpc) is 3.33. The number of ether oxygens (including phenoxy) is 1. The van der Waals surface area contributed by atoms with Crippen molar-refractivity contribution in [1.29, 1.82) is 0 Å². The number of aryl methyl sites for hydroxylation is 1. The van der Waals surface area contributed by atoms with E-state index in [-0.39, 0.29) is 12.0 Å². The lowest BCUT2D eigenvalue weighted by Gasteiger charge is -2.32. The first-order chi connectivity index (χ1) is 12.2. The van der Waals surface area contributed by atoms with Gasteiger partial charge in [0.15, 0.2) is 5.82 Å². The molecule has 1 amide bonds. The number of nitrogens with zero attached hydrogens (tertiary/aromatic N) is 4. The Labute approximate surface area is 148 Å². The molecular formula is C17H16N4O3S. The topological polar surface area (TPSA) is 81.4 Å². The average molecular weight is 356 g/mol. The predicted molar refractivity (Wildman–Crippen MR) is 91.2 cm³/mol. The third-order valence-corrected chi connectivity index (χ3v) is 4.85. The first kappa shape index (κ1) is 15.9. The van der Waals surface area contributed by atoms with Crippen LogP contribution in [0.25, 0.3) is 11.5 Å². The van der Waals surface area contributed by atoms with Crippen LogP contribution in [0.2, 0.25) is 0 Å². The summed E-state index contributed by atoms with van der Waals surface area (Å²) in [6, 6.07) is 7.20. The number of amides is 1. The van der Waals surface area contributed by atoms with E-state index in [1.54, 1.807) is 41.5 Å². The van der Waals surface area contributed by atoms with Crippen LogP contribution in [0.5, 0.6) is 0 Å². The highest BCUT2D eigenvalue weighted by atomic mass is 32.1. The monoisotopic (exact) mass is 356 g/mol. The van der Waals surface area contributed by atoms with Crippen LogP contribution in [0.3, 0.4) is 0 Å². The zero-order valence-electron chi connectivity index (χ0n) is 13.6. The molecule has 3 heterocycles. The van der Waals surface area contributed by atoms with Gasteiger partial charge in [0.2, 0.25) is 0 Å². The van der Waals surface area contributed by atoms with E-state index in [9.17, 15) is 4.79 Å². The van der Waals surface area contributed by atoms with Gasteiger partial charge >= 0.3 is 0 Å². The van der Waals surface area contributed by atoms with Crippen molar-refractivity contribution in [1.82, 2.24) is 20.0 Å². The standard InChI is InChI=1S/C17H16N4O3S/c1-11-19-15(24-20-11)12-2-4-13(5-3-12)17(22)21-7-8-23-14(10-21)16-18-6-9-25-16/h2-6,9,14H,7-8,10H2,1H3. The van der Waals surface area contributed by atoms with Gasteiger partial charge < -0.3 is 14.2 Å². The highest BCUT2D eigenvalue weighted by Gasteiger charge is 2.27. The number of thiazole rings is 1. The Balaban J connectivity index is 1.48. The molecule has 8 heteroatoms. The van der Waals surface area contributed by atoms with Gasteiger partial charge in [0, 0.05) is 29.2 Å². The van der Waals surface area contributed by atoms with Crippen LogP contribution in [-0.2, 0) is 4.74 Å². The van der Waals surface area contributed by atoms with Crippen LogP contribution in [0, 0.1) is 6.92 Å². The number of aromatic nitrogens is 3. The lowest BCUT2D eigenvalue weighted by atomic mass is 10.1. The van der Waals surface area contributed by atoms with E-state index < -0.39 is 0 Å². The van der Waals surface area contributed by atoms with Gasteiger partial charge in [-0.25, -0.2) is 4.98 Å². The zero-order valence-corrected chi connectivity index (χ0v) is 14.4. The molecule has 4 rings (SSSR count). The van der Waals surface area contributed by atoms with Crippen LogP contribution < -0.4 is 0 Å². The van der Waals surface area contributed by atoms with E-state index in [2.05, 4.69) is 15.1 Å². The number of hydrogen-bond donors (Lipinski definition) is 0. The van der Waals surface area contributed by atoms with Gasteiger partial charge in [-0.2, -0.15) is 4.98 Å². The van der Waals surface area contributed by atoms with Crippen molar-refractivity contribution in [3.63, 3.8) is 0 Å². The molecule has 3 aromatic rings. The summed E-state index contributed by atoms with van der Waals surface area (Å²) in [6.07, 6.45) is 1.60. The molecule has 0 saturated carbocycles. The summed E-state index contributed by atoms with van der Waals surface area (Å²) in [5.41, 5.74) is 1.42. The van der Waals surface area contributed by atoms with E-state index in [1.807, 2.05) is 17.5 Å². The van der Waals surface area contributed by atoms with Gasteiger partial charge in [-0.1, -0.05) is 5.16 Å². The second-order valence-corrected chi connectivity index (χ2v) is 6.63. The summed E-state index contributed by atoms with van der Waals surface area (Å²) in [5, 5.41) is 6.59. The third-order valence-electron chi connectivity index (χ3n) is 3.99. The Morgan fingerprint density at radius 3 is 2.84 bits per heavy atom. The van der Waals surface area contributed by atoms with Crippen LogP contribution >= 0.6 is 11.3 Å². The first-order valence-corrected chi connectivity index (χ1v) is 8.79. The summed E-state index contributed by atoms with van der Waals surface area (Å²) in [7, 11) is 0. The van der Waals surface area contributed by atoms with Crippen molar-refractivity contribution in [3.8, 4) is 11.5 Å². The molecule has 25 heavy (non-hydrogen) atoms. The van der Waals surface area contributed by atoms with E-state index >= 15 is 0 Å². The maximum absolute atomic E-state index is 12.8. The molecule has 1 aliphatic rings. The molecule has 1 aromatic carbocycles. The van der Waals surface area contributed by atoms with Crippen LogP contribution in [-0.4, -0.2) is 45.6 Å². The molecule has 0 radical (unpaired) electrons. The second-order valence-electron chi connectivity index (χ2n) is 5.71. The predicted octanol–water partition coefficient (Wildman–Crippen LogP) is 2.72. The normalized spacial score (nSPS) is 17.6. The molecule has 7 nitrogen and oxygen atoms in total. The minimum Gasteiger partial charge on any atom is -0.367 e. The number of carbonyl (C=O) groups excluding carboxylic acids is 1. The second kappa shape index (κ2) is 6.73. The largest absolute Gasteiger partial charge is 0.367 e. The van der Waals surface area contributed by atoms with Crippen LogP contribution in [0.4, 0.5) is 0 Å². The third kappa shape index (κ3) is 3.31. The molecule has 1 fully saturated rings. The van der Waals surface area contributed by atoms with Gasteiger partial charge in [-0.05, 0) is 31.2 Å². The Morgan fingerprint density at radius 2 is 2.16 bits per heavy atom. The number of carbonyl (C=O) groups is 1. The van der Waals surface area contributed by atoms with E-state index in [0.29, 0.717) is 37.0 Å². The molecule has 0 N–H and O–H groups in total. The molecule has 1 saturated heterocycles. The smallest absolute Gasteiger partial charge is 0.257 e. The summed E-state index contributed by atoms with van der Waals surface area (Å²) in [4.78, 5) is 23.0. The molecule has 2 aromatic heterocycles. The van der Waals surface area contributed by atoms with Crippen molar-refractivity contribution >= 4 is 17.2 Å². The Kier molecular flexibility index (Phi) is 4.29. The van der Waals surface area contributed by atoms with Crippen molar-refractivity contribution < 1.29 is 14.1 Å². The Bertz CT molecular complexity index is 860. The lowest BCUT2D eigenvalue weighted by Crippen LogP contribution is -2.42. The summed E-state index contributed by atoms with van der Waals surface area (Å²) in [6.45, 7) is 3.36. The molecule has 0 aliphatic carbocycles. The number of benzene rings is 1. The van der Waals surface area contributed by atoms with Gasteiger partial charge in [-0.15, -0.1) is 11.3 Å². The van der Waals surface area contributed by atoms with Gasteiger partial charge in [0.05, 0.1) is 13.2 Å². The molecule has 1 atom stereocenters. The SMILES string of the molecule is Cc1noc(-c2ccc(C(=O)N3CCOC(c4nccs4)C3)cc2)n1. The quantitative estimate of drug-likeness (QED) is 0.718. The van der Waals surface area contributed by atoms with E-state index in [0.717, 1.165) is 10.6 Å². The highest BCUT2D eigenvalue weighted by Crippen LogP contribution is 2.25. The Morgan fingerprint density at radius 1 is 1.32 bits per heavy atom. The number of hydrogen-bond acceptors (Lipinski definition) is 7. The Hall–Kier alpha value is -2.58. The molecule has 128 valence electrons. The molecule has 0 bridgehead atoms. The van der Waals surface area contributed by atoms with Crippen molar-refractivity contribution in [2.24, 2.45) is 0 Å². The van der Waals surface area contributed by atoms with E-state index in [1.165, 1.54) is 0 Å². The van der Waals surface area contributed by atoms with Gasteiger partial charge in [-0.3, -0.25) is 4.79 Å². The zero-order chi connectivity index (χ0) is 17.2. The lowest BCUT2D eigenvalue weighted by molar-refractivity contribution is -0.0228. The molecule has 0 spiro atoms. The maximum Gasteiger partial charge on any atom is 0.257 e. The minimum absolute atomic E-state index is 0.0156. The minimum atomic E-state index is -0.154. The fourth-order valence-corrected chi connectivity index (χ4v) is 3.41. The van der Waals surface area contributed by atoms with Crippen LogP contribution in [0.15, 0.2) is 40.4 Å². The number of rotatable bonds is 3. The van der Waals surface area contributed by atoms with Gasteiger partial charge in [0.25, 0.3) is 11.8 Å². The maximum atomic E-state index is 12.8. The summed E-state index contributed by atoms with van der Waals surface area (Å²) < 4.78 is 10.9. The summed E-state index contributed by atoms with van der Waals surface area (Å²) in [5.74, 6) is 1.02. The van der Waals surface area contributed by atoms with Crippen LogP contribution in [0.1, 0.15) is 27.3 Å². The fourth-order valence-electron chi connectivity index (χ4n) is 2.73. The highest BCUT2D eigenvalue weighted by molar-refractivity contribution is 7.09. The van der Waals surface area contributed by atoms with Crippen molar-refractivity contribution in [3.05, 3.63) is 52.2 Å².